The van der Waals surface area contributed by atoms with Crippen LogP contribution in [-0.4, -0.2) is 30.9 Å². The first-order chi connectivity index (χ1) is 13.8. The number of nitrogens with one attached hydrogen (secondary N) is 2. The van der Waals surface area contributed by atoms with Crippen molar-refractivity contribution in [2.75, 3.05) is 18.5 Å². The van der Waals surface area contributed by atoms with Crippen LogP contribution < -0.4 is 10.6 Å². The third-order valence-electron chi connectivity index (χ3n) is 4.90. The van der Waals surface area contributed by atoms with E-state index in [9.17, 15) is 14.4 Å². The van der Waals surface area contributed by atoms with Gasteiger partial charge in [-0.1, -0.05) is 32.0 Å². The number of carbonyl (C=O) groups excluding carboxylic acids is 3. The predicted molar refractivity (Wildman–Crippen MR) is 113 cm³/mol. The van der Waals surface area contributed by atoms with Gasteiger partial charge in [0.05, 0.1) is 0 Å². The van der Waals surface area contributed by atoms with E-state index >= 15 is 0 Å². The van der Waals surface area contributed by atoms with Gasteiger partial charge in [0.25, 0.3) is 11.8 Å². The Morgan fingerprint density at radius 1 is 1.00 bits per heavy atom. The number of rotatable bonds is 8. The third kappa shape index (κ3) is 6.75. The number of aryl methyl sites for hydroxylation is 2. The van der Waals surface area contributed by atoms with Crippen LogP contribution in [-0.2, 0) is 14.3 Å². The van der Waals surface area contributed by atoms with Crippen LogP contribution in [0.2, 0.25) is 0 Å². The molecule has 0 radical (unpaired) electrons. The van der Waals surface area contributed by atoms with Gasteiger partial charge < -0.3 is 15.4 Å². The van der Waals surface area contributed by atoms with Crippen LogP contribution in [0, 0.1) is 13.8 Å². The van der Waals surface area contributed by atoms with Gasteiger partial charge >= 0.3 is 5.97 Å². The fourth-order valence-corrected chi connectivity index (χ4v) is 2.66. The Labute approximate surface area is 171 Å². The molecule has 0 unspecified atom stereocenters. The van der Waals surface area contributed by atoms with E-state index in [1.165, 1.54) is 5.56 Å². The maximum atomic E-state index is 12.1. The first-order valence-corrected chi connectivity index (χ1v) is 9.71. The molecule has 0 bridgehead atoms. The van der Waals surface area contributed by atoms with E-state index in [1.807, 2.05) is 44.2 Å². The summed E-state index contributed by atoms with van der Waals surface area (Å²) in [6.07, 6.45) is 1.04. The molecule has 2 N–H and O–H groups in total. The molecule has 6 heteroatoms. The zero-order chi connectivity index (χ0) is 21.4. The van der Waals surface area contributed by atoms with Gasteiger partial charge in [-0.25, -0.2) is 0 Å². The van der Waals surface area contributed by atoms with Crippen molar-refractivity contribution in [2.45, 2.75) is 40.0 Å². The molecule has 0 spiro atoms. The summed E-state index contributed by atoms with van der Waals surface area (Å²) in [5, 5.41) is 5.18. The van der Waals surface area contributed by atoms with Gasteiger partial charge in [0, 0.05) is 11.3 Å². The van der Waals surface area contributed by atoms with E-state index in [0.717, 1.165) is 17.5 Å². The highest BCUT2D eigenvalue weighted by Crippen LogP contribution is 2.20. The summed E-state index contributed by atoms with van der Waals surface area (Å²) in [4.78, 5) is 35.8. The maximum Gasteiger partial charge on any atom is 0.325 e. The molecule has 0 heterocycles. The van der Waals surface area contributed by atoms with Gasteiger partial charge in [0.15, 0.2) is 6.61 Å². The Kier molecular flexibility index (Phi) is 7.95. The number of hydrogen-bond donors (Lipinski definition) is 2. The van der Waals surface area contributed by atoms with Crippen LogP contribution in [0.4, 0.5) is 5.69 Å². The number of benzene rings is 2. The van der Waals surface area contributed by atoms with E-state index in [2.05, 4.69) is 24.5 Å². The zero-order valence-electron chi connectivity index (χ0n) is 17.4. The van der Waals surface area contributed by atoms with E-state index in [0.29, 0.717) is 17.2 Å². The number of anilines is 1. The van der Waals surface area contributed by atoms with Crippen LogP contribution in [0.5, 0.6) is 0 Å². The summed E-state index contributed by atoms with van der Waals surface area (Å²) < 4.78 is 4.92. The standard InChI is InChI=1S/C23H28N2O4/c1-5-15(2)18-8-10-20(11-9-18)25-21(26)14-29-22(27)13-24-23(28)19-7-6-16(3)17(4)12-19/h6-12,15H,5,13-14H2,1-4H3,(H,24,28)(H,25,26)/t15-/m1/s1. The molecule has 1 atom stereocenters. The van der Waals surface area contributed by atoms with Crippen molar-refractivity contribution in [1.82, 2.24) is 5.32 Å². The van der Waals surface area contributed by atoms with E-state index < -0.39 is 18.5 Å². The molecule has 0 fully saturated rings. The molecule has 0 aromatic heterocycles. The lowest BCUT2D eigenvalue weighted by Crippen LogP contribution is -2.32. The summed E-state index contributed by atoms with van der Waals surface area (Å²) in [7, 11) is 0. The normalized spacial score (nSPS) is 11.4. The van der Waals surface area contributed by atoms with Crippen molar-refractivity contribution >= 4 is 23.5 Å². The lowest BCUT2D eigenvalue weighted by Gasteiger charge is -2.11. The van der Waals surface area contributed by atoms with Crippen molar-refractivity contribution in [3.63, 3.8) is 0 Å². The summed E-state index contributed by atoms with van der Waals surface area (Å²) in [5.41, 5.74) is 4.40. The molecular weight excluding hydrogens is 368 g/mol. The topological polar surface area (TPSA) is 84.5 Å². The first-order valence-electron chi connectivity index (χ1n) is 9.71. The Morgan fingerprint density at radius 2 is 1.69 bits per heavy atom. The van der Waals surface area contributed by atoms with Crippen molar-refractivity contribution in [3.8, 4) is 0 Å². The second-order valence-electron chi connectivity index (χ2n) is 7.12. The largest absolute Gasteiger partial charge is 0.454 e. The van der Waals surface area contributed by atoms with Gasteiger partial charge in [-0.15, -0.1) is 0 Å². The fourth-order valence-electron chi connectivity index (χ4n) is 2.66. The molecule has 154 valence electrons. The molecule has 0 saturated heterocycles. The first kappa shape index (κ1) is 22.1. The Bertz CT molecular complexity index is 875. The Morgan fingerprint density at radius 3 is 2.31 bits per heavy atom. The number of ether oxygens (including phenoxy) is 1. The summed E-state index contributed by atoms with van der Waals surface area (Å²) >= 11 is 0. The lowest BCUT2D eigenvalue weighted by atomic mass is 9.99. The Balaban J connectivity index is 1.74. The minimum Gasteiger partial charge on any atom is -0.454 e. The average molecular weight is 396 g/mol. The molecule has 0 aliphatic heterocycles. The number of hydrogen-bond acceptors (Lipinski definition) is 4. The lowest BCUT2D eigenvalue weighted by molar-refractivity contribution is -0.146. The monoisotopic (exact) mass is 396 g/mol. The predicted octanol–water partition coefficient (Wildman–Crippen LogP) is 3.73. The van der Waals surface area contributed by atoms with E-state index in [4.69, 9.17) is 4.74 Å². The van der Waals surface area contributed by atoms with Crippen molar-refractivity contribution in [1.29, 1.82) is 0 Å². The molecule has 0 aliphatic carbocycles. The van der Waals surface area contributed by atoms with Gasteiger partial charge in [0.2, 0.25) is 0 Å². The zero-order valence-corrected chi connectivity index (χ0v) is 17.4. The Hall–Kier alpha value is -3.15. The molecule has 2 aromatic carbocycles. The highest BCUT2D eigenvalue weighted by molar-refractivity contribution is 5.96. The highest BCUT2D eigenvalue weighted by Gasteiger charge is 2.12. The highest BCUT2D eigenvalue weighted by atomic mass is 16.5. The van der Waals surface area contributed by atoms with Gasteiger partial charge in [0.1, 0.15) is 6.54 Å². The van der Waals surface area contributed by atoms with E-state index in [1.54, 1.807) is 12.1 Å². The molecule has 6 nitrogen and oxygen atoms in total. The van der Waals surface area contributed by atoms with Crippen LogP contribution >= 0.6 is 0 Å². The summed E-state index contributed by atoms with van der Waals surface area (Å²) in [6, 6.07) is 12.9. The van der Waals surface area contributed by atoms with E-state index in [-0.39, 0.29) is 12.5 Å². The smallest absolute Gasteiger partial charge is 0.325 e. The van der Waals surface area contributed by atoms with Crippen molar-refractivity contribution in [3.05, 3.63) is 64.7 Å². The minimum absolute atomic E-state index is 0.303. The van der Waals surface area contributed by atoms with Crippen LogP contribution in [0.1, 0.15) is 53.2 Å². The van der Waals surface area contributed by atoms with Gasteiger partial charge in [-0.3, -0.25) is 14.4 Å². The third-order valence-corrected chi connectivity index (χ3v) is 4.90. The van der Waals surface area contributed by atoms with Gasteiger partial charge in [-0.05, 0) is 67.1 Å². The molecule has 2 aromatic rings. The number of carbonyl (C=O) groups is 3. The number of esters is 1. The quantitative estimate of drug-likeness (QED) is 0.666. The average Bonchev–Trinajstić information content (AvgIpc) is 2.72. The molecule has 29 heavy (non-hydrogen) atoms. The second-order valence-corrected chi connectivity index (χ2v) is 7.12. The molecular formula is C23H28N2O4. The maximum absolute atomic E-state index is 12.1. The molecule has 0 saturated carbocycles. The van der Waals surface area contributed by atoms with Crippen molar-refractivity contribution in [2.24, 2.45) is 0 Å². The van der Waals surface area contributed by atoms with Crippen LogP contribution in [0.15, 0.2) is 42.5 Å². The van der Waals surface area contributed by atoms with Crippen molar-refractivity contribution < 1.29 is 19.1 Å². The number of amides is 2. The van der Waals surface area contributed by atoms with Crippen LogP contribution in [0.25, 0.3) is 0 Å². The van der Waals surface area contributed by atoms with Crippen LogP contribution in [0.3, 0.4) is 0 Å². The molecule has 0 aliphatic rings. The van der Waals surface area contributed by atoms with Gasteiger partial charge in [-0.2, -0.15) is 0 Å². The SMILES string of the molecule is CC[C@@H](C)c1ccc(NC(=O)COC(=O)CNC(=O)c2ccc(C)c(C)c2)cc1. The summed E-state index contributed by atoms with van der Waals surface area (Å²) in [5.74, 6) is -1.02. The molecule has 2 amide bonds. The minimum atomic E-state index is -0.676. The fraction of sp³-hybridized carbons (Fsp3) is 0.348. The second kappa shape index (κ2) is 10.4. The summed E-state index contributed by atoms with van der Waals surface area (Å²) in [6.45, 7) is 7.43. The molecule has 2 rings (SSSR count).